The summed E-state index contributed by atoms with van der Waals surface area (Å²) >= 11 is 1.76. The summed E-state index contributed by atoms with van der Waals surface area (Å²) in [4.78, 5) is 14.2. The average molecular weight is 255 g/mol. The first kappa shape index (κ1) is 13.8. The number of thioether (sulfide) groups is 1. The van der Waals surface area contributed by atoms with Crippen molar-refractivity contribution in [2.75, 3.05) is 18.1 Å². The third kappa shape index (κ3) is 3.89. The van der Waals surface area contributed by atoms with Crippen molar-refractivity contribution in [2.45, 2.75) is 25.5 Å². The third-order valence-corrected chi connectivity index (χ3v) is 3.76. The number of hydrogen-bond donors (Lipinski definition) is 1. The van der Waals surface area contributed by atoms with Gasteiger partial charge in [0.1, 0.15) is 12.0 Å². The normalized spacial score (nSPS) is 11.3. The molecule has 0 bridgehead atoms. The zero-order chi connectivity index (χ0) is 13.1. The van der Waals surface area contributed by atoms with Gasteiger partial charge in [-0.3, -0.25) is 10.1 Å². The van der Waals surface area contributed by atoms with E-state index in [0.717, 1.165) is 12.1 Å². The molecule has 94 valence electrons. The van der Waals surface area contributed by atoms with Crippen molar-refractivity contribution >= 4 is 23.3 Å². The number of hydrogen-bond acceptors (Lipinski definition) is 5. The van der Waals surface area contributed by atoms with Gasteiger partial charge in [0.05, 0.1) is 4.92 Å². The minimum absolute atomic E-state index is 0.0252. The van der Waals surface area contributed by atoms with E-state index in [1.54, 1.807) is 11.8 Å². The molecule has 1 aromatic heterocycles. The largest absolute Gasteiger partial charge is 0.368 e. The number of aryl methyl sites for hydroxylation is 1. The number of nitrogens with one attached hydrogen (secondary N) is 1. The van der Waals surface area contributed by atoms with E-state index in [-0.39, 0.29) is 10.4 Å². The topological polar surface area (TPSA) is 68.1 Å². The van der Waals surface area contributed by atoms with E-state index in [4.69, 9.17) is 0 Å². The summed E-state index contributed by atoms with van der Waals surface area (Å²) in [5.74, 6) is 0.706. The average Bonchev–Trinajstić information content (AvgIpc) is 2.27. The molecule has 0 aliphatic carbocycles. The Kier molecular flexibility index (Phi) is 4.34. The fraction of sp³-hybridized carbons (Fsp3) is 0.545. The molecule has 0 spiro atoms. The summed E-state index contributed by atoms with van der Waals surface area (Å²) in [6.07, 6.45) is 3.33. The molecule has 5 nitrogen and oxygen atoms in total. The molecule has 0 saturated heterocycles. The highest BCUT2D eigenvalue weighted by molar-refractivity contribution is 7.99. The molecule has 6 heteroatoms. The van der Waals surface area contributed by atoms with Crippen LogP contribution < -0.4 is 5.32 Å². The van der Waals surface area contributed by atoms with Crippen molar-refractivity contribution < 1.29 is 4.92 Å². The predicted octanol–water partition coefficient (Wildman–Crippen LogP) is 2.85. The van der Waals surface area contributed by atoms with Gasteiger partial charge in [-0.15, -0.1) is 0 Å². The summed E-state index contributed by atoms with van der Waals surface area (Å²) in [6.45, 7) is 6.84. The van der Waals surface area contributed by atoms with Crippen LogP contribution >= 0.6 is 11.8 Å². The van der Waals surface area contributed by atoms with Crippen molar-refractivity contribution in [1.29, 1.82) is 0 Å². The first-order valence-corrected chi connectivity index (χ1v) is 6.48. The zero-order valence-corrected chi connectivity index (χ0v) is 11.3. The molecular weight excluding hydrogens is 238 g/mol. The number of pyridine rings is 1. The monoisotopic (exact) mass is 255 g/mol. The number of anilines is 1. The second-order valence-electron chi connectivity index (χ2n) is 4.43. The number of nitro groups is 1. The SMILES string of the molecule is CSC(C)(C)CNc1ncc([N+](=O)[O-])cc1C. The Morgan fingerprint density at radius 1 is 1.59 bits per heavy atom. The maximum atomic E-state index is 10.6. The molecular formula is C11H17N3O2S. The van der Waals surface area contributed by atoms with Crippen LogP contribution in [0.1, 0.15) is 19.4 Å². The fourth-order valence-corrected chi connectivity index (χ4v) is 1.43. The molecule has 1 rings (SSSR count). The summed E-state index contributed by atoms with van der Waals surface area (Å²) in [5, 5.41) is 13.8. The van der Waals surface area contributed by atoms with E-state index in [0.29, 0.717) is 5.82 Å². The Bertz CT molecular complexity index is 421. The van der Waals surface area contributed by atoms with Gasteiger partial charge in [0, 0.05) is 17.4 Å². The Morgan fingerprint density at radius 3 is 2.71 bits per heavy atom. The lowest BCUT2D eigenvalue weighted by Crippen LogP contribution is -2.26. The minimum atomic E-state index is -0.435. The van der Waals surface area contributed by atoms with Gasteiger partial charge in [-0.1, -0.05) is 0 Å². The molecule has 0 saturated carbocycles. The van der Waals surface area contributed by atoms with Crippen LogP contribution in [0.25, 0.3) is 0 Å². The highest BCUT2D eigenvalue weighted by atomic mass is 32.2. The lowest BCUT2D eigenvalue weighted by molar-refractivity contribution is -0.385. The molecule has 0 amide bonds. The van der Waals surface area contributed by atoms with E-state index < -0.39 is 4.92 Å². The van der Waals surface area contributed by atoms with E-state index >= 15 is 0 Å². The van der Waals surface area contributed by atoms with Crippen molar-refractivity contribution in [3.8, 4) is 0 Å². The van der Waals surface area contributed by atoms with Crippen molar-refractivity contribution in [1.82, 2.24) is 4.98 Å². The molecule has 17 heavy (non-hydrogen) atoms. The van der Waals surface area contributed by atoms with E-state index in [2.05, 4.69) is 30.4 Å². The quantitative estimate of drug-likeness (QED) is 0.647. The van der Waals surface area contributed by atoms with Crippen LogP contribution in [-0.4, -0.2) is 27.5 Å². The van der Waals surface area contributed by atoms with Gasteiger partial charge < -0.3 is 5.32 Å². The summed E-state index contributed by atoms with van der Waals surface area (Å²) in [5.41, 5.74) is 0.813. The number of aromatic nitrogens is 1. The molecule has 0 fully saturated rings. The van der Waals surface area contributed by atoms with Crippen LogP contribution in [0.3, 0.4) is 0 Å². The number of nitrogens with zero attached hydrogens (tertiary/aromatic N) is 2. The number of rotatable bonds is 5. The molecule has 1 aromatic rings. The Labute approximate surface area is 105 Å². The lowest BCUT2D eigenvalue weighted by Gasteiger charge is -2.23. The minimum Gasteiger partial charge on any atom is -0.368 e. The van der Waals surface area contributed by atoms with Gasteiger partial charge >= 0.3 is 0 Å². The Balaban J connectivity index is 2.77. The summed E-state index contributed by atoms with van der Waals surface area (Å²) in [7, 11) is 0. The first-order chi connectivity index (χ1) is 7.85. The molecule has 1 heterocycles. The maximum absolute atomic E-state index is 10.6. The van der Waals surface area contributed by atoms with Gasteiger partial charge in [-0.2, -0.15) is 11.8 Å². The predicted molar refractivity (Wildman–Crippen MR) is 71.7 cm³/mol. The zero-order valence-electron chi connectivity index (χ0n) is 10.5. The summed E-state index contributed by atoms with van der Waals surface area (Å²) in [6, 6.07) is 1.53. The molecule has 0 aliphatic rings. The lowest BCUT2D eigenvalue weighted by atomic mass is 10.2. The second-order valence-corrected chi connectivity index (χ2v) is 5.95. The van der Waals surface area contributed by atoms with Crippen LogP contribution in [0.2, 0.25) is 0 Å². The molecule has 1 N–H and O–H groups in total. The standard InChI is InChI=1S/C11H17N3O2S/c1-8-5-9(14(15)16)6-12-10(8)13-7-11(2,3)17-4/h5-6H,7H2,1-4H3,(H,12,13). The van der Waals surface area contributed by atoms with Crippen molar-refractivity contribution in [2.24, 2.45) is 0 Å². The van der Waals surface area contributed by atoms with Crippen molar-refractivity contribution in [3.63, 3.8) is 0 Å². The molecule has 0 aromatic carbocycles. The maximum Gasteiger partial charge on any atom is 0.287 e. The fourth-order valence-electron chi connectivity index (χ4n) is 1.21. The van der Waals surface area contributed by atoms with Crippen LogP contribution in [0.4, 0.5) is 11.5 Å². The van der Waals surface area contributed by atoms with Gasteiger partial charge in [0.25, 0.3) is 5.69 Å². The van der Waals surface area contributed by atoms with E-state index in [9.17, 15) is 10.1 Å². The van der Waals surface area contributed by atoms with Gasteiger partial charge in [0.2, 0.25) is 0 Å². The van der Waals surface area contributed by atoms with Crippen LogP contribution in [-0.2, 0) is 0 Å². The van der Waals surface area contributed by atoms with Crippen LogP contribution in [0.5, 0.6) is 0 Å². The van der Waals surface area contributed by atoms with E-state index in [1.807, 2.05) is 6.92 Å². The molecule has 0 atom stereocenters. The highest BCUT2D eigenvalue weighted by Gasteiger charge is 2.17. The van der Waals surface area contributed by atoms with Crippen LogP contribution in [0.15, 0.2) is 12.3 Å². The van der Waals surface area contributed by atoms with Crippen molar-refractivity contribution in [3.05, 3.63) is 27.9 Å². The van der Waals surface area contributed by atoms with Gasteiger partial charge in [-0.05, 0) is 32.6 Å². The Morgan fingerprint density at radius 2 is 2.24 bits per heavy atom. The second kappa shape index (κ2) is 5.35. The first-order valence-electron chi connectivity index (χ1n) is 5.26. The van der Waals surface area contributed by atoms with Gasteiger partial charge in [-0.25, -0.2) is 4.98 Å². The van der Waals surface area contributed by atoms with Crippen LogP contribution in [0, 0.1) is 17.0 Å². The smallest absolute Gasteiger partial charge is 0.287 e. The molecule has 0 aliphatic heterocycles. The molecule has 0 unspecified atom stereocenters. The third-order valence-electron chi connectivity index (χ3n) is 2.51. The Hall–Kier alpha value is -1.30. The molecule has 0 radical (unpaired) electrons. The summed E-state index contributed by atoms with van der Waals surface area (Å²) < 4.78 is 0.107. The van der Waals surface area contributed by atoms with E-state index in [1.165, 1.54) is 12.3 Å². The highest BCUT2D eigenvalue weighted by Crippen LogP contribution is 2.23. The van der Waals surface area contributed by atoms with Gasteiger partial charge in [0.15, 0.2) is 0 Å².